The van der Waals surface area contributed by atoms with E-state index < -0.39 is 10.0 Å². The van der Waals surface area contributed by atoms with Gasteiger partial charge in [-0.3, -0.25) is 4.79 Å². The minimum atomic E-state index is -3.43. The maximum Gasteiger partial charge on any atom is 0.252 e. The highest BCUT2D eigenvalue weighted by atomic mass is 32.2. The van der Waals surface area contributed by atoms with E-state index in [-0.39, 0.29) is 12.3 Å². The molecule has 1 amide bonds. The Morgan fingerprint density at radius 3 is 2.73 bits per heavy atom. The van der Waals surface area contributed by atoms with Crippen molar-refractivity contribution in [3.63, 3.8) is 0 Å². The Labute approximate surface area is 157 Å². The molecule has 1 aromatic carbocycles. The largest absolute Gasteiger partial charge is 0.352 e. The number of hydrogen-bond donors (Lipinski definition) is 1. The molecule has 1 aliphatic heterocycles. The minimum absolute atomic E-state index is 0.137. The molecule has 0 unspecified atom stereocenters. The molecule has 0 aliphatic carbocycles. The van der Waals surface area contributed by atoms with Crippen LogP contribution in [0.15, 0.2) is 40.6 Å². The molecule has 0 radical (unpaired) electrons. The van der Waals surface area contributed by atoms with Crippen molar-refractivity contribution in [2.75, 3.05) is 13.1 Å². The second-order valence-corrected chi connectivity index (χ2v) is 9.43. The van der Waals surface area contributed by atoms with Gasteiger partial charge in [-0.05, 0) is 42.7 Å². The maximum atomic E-state index is 12.5. The Morgan fingerprint density at radius 1 is 1.23 bits per heavy atom. The zero-order valence-electron chi connectivity index (χ0n) is 14.1. The average molecular weight is 390 g/mol. The molecule has 3 rings (SSSR count). The standard InChI is InChI=1S/C18H19N3O3S2/c19-12-14-4-3-5-15(10-14)13-20-17(22)11-16-6-7-18(25-16)26(23,24)21-8-1-2-9-21/h3-7,10H,1-2,8-9,11,13H2,(H,20,22). The van der Waals surface area contributed by atoms with E-state index >= 15 is 0 Å². The van der Waals surface area contributed by atoms with Gasteiger partial charge in [-0.25, -0.2) is 8.42 Å². The fourth-order valence-corrected chi connectivity index (χ4v) is 5.85. The summed E-state index contributed by atoms with van der Waals surface area (Å²) in [6.45, 7) is 1.47. The summed E-state index contributed by atoms with van der Waals surface area (Å²) in [6, 6.07) is 12.4. The third kappa shape index (κ3) is 4.30. The van der Waals surface area contributed by atoms with Crippen LogP contribution in [0.4, 0.5) is 0 Å². The van der Waals surface area contributed by atoms with E-state index in [9.17, 15) is 13.2 Å². The van der Waals surface area contributed by atoms with Crippen molar-refractivity contribution in [2.24, 2.45) is 0 Å². The van der Waals surface area contributed by atoms with Crippen LogP contribution in [0.2, 0.25) is 0 Å². The SMILES string of the molecule is N#Cc1cccc(CNC(=O)Cc2ccc(S(=O)(=O)N3CCCC3)s2)c1. The molecule has 8 heteroatoms. The third-order valence-electron chi connectivity index (χ3n) is 4.18. The number of amides is 1. The number of benzene rings is 1. The lowest BCUT2D eigenvalue weighted by Crippen LogP contribution is -2.27. The Kier molecular flexibility index (Phi) is 5.71. The first-order valence-corrected chi connectivity index (χ1v) is 10.6. The minimum Gasteiger partial charge on any atom is -0.352 e. The first-order valence-electron chi connectivity index (χ1n) is 8.33. The molecule has 136 valence electrons. The van der Waals surface area contributed by atoms with Crippen molar-refractivity contribution in [2.45, 2.75) is 30.0 Å². The van der Waals surface area contributed by atoms with Crippen molar-refractivity contribution < 1.29 is 13.2 Å². The van der Waals surface area contributed by atoms with E-state index in [0.717, 1.165) is 29.7 Å². The molecule has 0 spiro atoms. The third-order valence-corrected chi connectivity index (χ3v) is 7.63. The molecule has 2 aromatic rings. The number of nitrogens with one attached hydrogen (secondary N) is 1. The predicted octanol–water partition coefficient (Wildman–Crippen LogP) is 2.26. The van der Waals surface area contributed by atoms with E-state index in [1.54, 1.807) is 30.3 Å². The highest BCUT2D eigenvalue weighted by Gasteiger charge is 2.28. The number of thiophene rings is 1. The summed E-state index contributed by atoms with van der Waals surface area (Å²) < 4.78 is 26.8. The number of carbonyl (C=O) groups is 1. The lowest BCUT2D eigenvalue weighted by molar-refractivity contribution is -0.120. The van der Waals surface area contributed by atoms with E-state index in [1.807, 2.05) is 6.07 Å². The fraction of sp³-hybridized carbons (Fsp3) is 0.333. The predicted molar refractivity (Wildman–Crippen MR) is 99.0 cm³/mol. The van der Waals surface area contributed by atoms with Crippen LogP contribution in [0.5, 0.6) is 0 Å². The van der Waals surface area contributed by atoms with Crippen molar-refractivity contribution >= 4 is 27.3 Å². The first kappa shape index (κ1) is 18.6. The summed E-state index contributed by atoms with van der Waals surface area (Å²) in [5, 5.41) is 11.7. The van der Waals surface area contributed by atoms with Gasteiger partial charge >= 0.3 is 0 Å². The summed E-state index contributed by atoms with van der Waals surface area (Å²) in [5.41, 5.74) is 1.40. The lowest BCUT2D eigenvalue weighted by Gasteiger charge is -2.13. The van der Waals surface area contributed by atoms with Crippen molar-refractivity contribution in [3.05, 3.63) is 52.4 Å². The zero-order valence-corrected chi connectivity index (χ0v) is 15.8. The number of nitriles is 1. The molecule has 0 atom stereocenters. The molecule has 1 fully saturated rings. The summed E-state index contributed by atoms with van der Waals surface area (Å²) in [4.78, 5) is 12.8. The molecular formula is C18H19N3O3S2. The molecular weight excluding hydrogens is 370 g/mol. The first-order chi connectivity index (χ1) is 12.5. The Bertz CT molecular complexity index is 939. The van der Waals surface area contributed by atoms with Crippen LogP contribution >= 0.6 is 11.3 Å². The van der Waals surface area contributed by atoms with Crippen molar-refractivity contribution in [3.8, 4) is 6.07 Å². The van der Waals surface area contributed by atoms with Crippen molar-refractivity contribution in [1.29, 1.82) is 5.26 Å². The van der Waals surface area contributed by atoms with Gasteiger partial charge < -0.3 is 5.32 Å². The maximum absolute atomic E-state index is 12.5. The van der Waals surface area contributed by atoms with Gasteiger partial charge in [0.2, 0.25) is 5.91 Å². The monoisotopic (exact) mass is 389 g/mol. The summed E-state index contributed by atoms with van der Waals surface area (Å²) in [7, 11) is -3.43. The second-order valence-electron chi connectivity index (χ2n) is 6.10. The molecule has 0 saturated carbocycles. The van der Waals surface area contributed by atoms with Crippen molar-refractivity contribution in [1.82, 2.24) is 9.62 Å². The second kappa shape index (κ2) is 7.99. The van der Waals surface area contributed by atoms with Gasteiger partial charge in [-0.2, -0.15) is 9.57 Å². The number of rotatable bonds is 6. The van der Waals surface area contributed by atoms with Gasteiger partial charge in [-0.1, -0.05) is 12.1 Å². The molecule has 0 bridgehead atoms. The quantitative estimate of drug-likeness (QED) is 0.820. The number of carbonyl (C=O) groups excluding carboxylic acids is 1. The molecule has 26 heavy (non-hydrogen) atoms. The summed E-state index contributed by atoms with van der Waals surface area (Å²) in [6.07, 6.45) is 1.93. The Balaban J connectivity index is 1.58. The highest BCUT2D eigenvalue weighted by molar-refractivity contribution is 7.91. The van der Waals surface area contributed by atoms with Gasteiger partial charge in [-0.15, -0.1) is 11.3 Å². The van der Waals surface area contributed by atoms with Crippen LogP contribution in [0, 0.1) is 11.3 Å². The lowest BCUT2D eigenvalue weighted by atomic mass is 10.1. The molecule has 1 aromatic heterocycles. The molecule has 6 nitrogen and oxygen atoms in total. The van der Waals surface area contributed by atoms with Gasteiger partial charge in [0.1, 0.15) is 4.21 Å². The number of hydrogen-bond acceptors (Lipinski definition) is 5. The van der Waals surface area contributed by atoms with Gasteiger partial charge in [0.05, 0.1) is 18.1 Å². The Morgan fingerprint density at radius 2 is 2.00 bits per heavy atom. The van der Waals surface area contributed by atoms with Gasteiger partial charge in [0.15, 0.2) is 0 Å². The fourth-order valence-electron chi connectivity index (χ4n) is 2.82. The van der Waals surface area contributed by atoms with Crippen LogP contribution in [-0.4, -0.2) is 31.7 Å². The van der Waals surface area contributed by atoms with Gasteiger partial charge in [0, 0.05) is 24.5 Å². The van der Waals surface area contributed by atoms with Crippen LogP contribution in [-0.2, 0) is 27.8 Å². The van der Waals surface area contributed by atoms with Crippen LogP contribution in [0.3, 0.4) is 0 Å². The zero-order chi connectivity index (χ0) is 18.6. The van der Waals surface area contributed by atoms with E-state index in [1.165, 1.54) is 4.31 Å². The van der Waals surface area contributed by atoms with Crippen LogP contribution < -0.4 is 5.32 Å². The topological polar surface area (TPSA) is 90.3 Å². The van der Waals surface area contributed by atoms with E-state index in [2.05, 4.69) is 11.4 Å². The molecule has 2 heterocycles. The van der Waals surface area contributed by atoms with Crippen LogP contribution in [0.25, 0.3) is 0 Å². The van der Waals surface area contributed by atoms with E-state index in [0.29, 0.717) is 34.3 Å². The normalized spacial score (nSPS) is 14.9. The summed E-state index contributed by atoms with van der Waals surface area (Å²) in [5.74, 6) is -0.181. The number of sulfonamides is 1. The molecule has 1 saturated heterocycles. The van der Waals surface area contributed by atoms with Gasteiger partial charge in [0.25, 0.3) is 10.0 Å². The van der Waals surface area contributed by atoms with E-state index in [4.69, 9.17) is 5.26 Å². The van der Waals surface area contributed by atoms with Crippen LogP contribution in [0.1, 0.15) is 28.8 Å². The average Bonchev–Trinajstić information content (AvgIpc) is 3.32. The smallest absolute Gasteiger partial charge is 0.252 e. The Hall–Kier alpha value is -2.21. The molecule has 1 aliphatic rings. The number of nitrogens with zero attached hydrogens (tertiary/aromatic N) is 2. The highest BCUT2D eigenvalue weighted by Crippen LogP contribution is 2.27. The summed E-state index contributed by atoms with van der Waals surface area (Å²) >= 11 is 1.15. The molecule has 1 N–H and O–H groups in total.